The molecule has 0 aromatic carbocycles. The molecule has 0 spiro atoms. The van der Waals surface area contributed by atoms with Crippen LogP contribution in [0.3, 0.4) is 0 Å². The average molecular weight is 245 g/mol. The summed E-state index contributed by atoms with van der Waals surface area (Å²) in [7, 11) is 0. The van der Waals surface area contributed by atoms with Gasteiger partial charge in [-0.1, -0.05) is 6.92 Å². The lowest BCUT2D eigenvalue weighted by molar-refractivity contribution is -0.0261. The van der Waals surface area contributed by atoms with Gasteiger partial charge in [-0.05, 0) is 6.42 Å². The van der Waals surface area contributed by atoms with Gasteiger partial charge in [-0.3, -0.25) is 0 Å². The van der Waals surface area contributed by atoms with Gasteiger partial charge in [0.25, 0.3) is 0 Å². The number of ether oxygens (including phenoxy) is 4. The highest BCUT2D eigenvalue weighted by Gasteiger charge is 2.31. The summed E-state index contributed by atoms with van der Waals surface area (Å²) in [4.78, 5) is 0. The Morgan fingerprint density at radius 1 is 1.12 bits per heavy atom. The number of hydrogen-bond donors (Lipinski definition) is 1. The lowest BCUT2D eigenvalue weighted by Crippen LogP contribution is -2.40. The molecule has 2 rings (SSSR count). The summed E-state index contributed by atoms with van der Waals surface area (Å²) in [5.74, 6) is 0. The van der Waals surface area contributed by atoms with Crippen molar-refractivity contribution in [3.8, 4) is 0 Å². The molecule has 0 bridgehead atoms. The highest BCUT2D eigenvalue weighted by Crippen LogP contribution is 2.23. The molecule has 2 fully saturated rings. The summed E-state index contributed by atoms with van der Waals surface area (Å²) < 4.78 is 21.5. The van der Waals surface area contributed by atoms with Crippen LogP contribution in [0.4, 0.5) is 0 Å². The predicted octanol–water partition coefficient (Wildman–Crippen LogP) is 0.172. The summed E-state index contributed by atoms with van der Waals surface area (Å²) >= 11 is 0. The number of rotatable bonds is 10. The Bertz CT molecular complexity index is 205. The van der Waals surface area contributed by atoms with Gasteiger partial charge in [0.05, 0.1) is 39.6 Å². The molecule has 2 aliphatic rings. The third kappa shape index (κ3) is 4.52. The lowest BCUT2D eigenvalue weighted by Gasteiger charge is -2.30. The third-order valence-electron chi connectivity index (χ3n) is 3.41. The maximum absolute atomic E-state index is 5.86. The molecule has 2 aliphatic heterocycles. The highest BCUT2D eigenvalue weighted by molar-refractivity contribution is 4.80. The first kappa shape index (κ1) is 13.2. The van der Waals surface area contributed by atoms with Crippen LogP contribution >= 0.6 is 0 Å². The molecule has 2 unspecified atom stereocenters. The lowest BCUT2D eigenvalue weighted by atomic mass is 9.87. The summed E-state index contributed by atoms with van der Waals surface area (Å²) in [6.45, 7) is 7.01. The minimum Gasteiger partial charge on any atom is -0.378 e. The minimum atomic E-state index is -0.0657. The van der Waals surface area contributed by atoms with E-state index in [9.17, 15) is 0 Å². The summed E-state index contributed by atoms with van der Waals surface area (Å²) in [6.07, 6.45) is 1.58. The number of nitrogens with two attached hydrogens (primary N) is 1. The van der Waals surface area contributed by atoms with Crippen molar-refractivity contribution >= 4 is 0 Å². The molecule has 2 atom stereocenters. The second-order valence-electron chi connectivity index (χ2n) is 5.00. The van der Waals surface area contributed by atoms with E-state index in [0.717, 1.165) is 19.6 Å². The second-order valence-corrected chi connectivity index (χ2v) is 5.00. The van der Waals surface area contributed by atoms with E-state index in [-0.39, 0.29) is 5.41 Å². The number of epoxide rings is 2. The normalized spacial score (nSPS) is 30.0. The topological polar surface area (TPSA) is 69.5 Å². The molecule has 2 saturated heterocycles. The molecule has 5 nitrogen and oxygen atoms in total. The van der Waals surface area contributed by atoms with Gasteiger partial charge >= 0.3 is 0 Å². The zero-order valence-electron chi connectivity index (χ0n) is 10.5. The highest BCUT2D eigenvalue weighted by atomic mass is 16.6. The molecule has 0 radical (unpaired) electrons. The predicted molar refractivity (Wildman–Crippen MR) is 62.9 cm³/mol. The molecule has 0 aromatic rings. The average Bonchev–Trinajstić information content (AvgIpc) is 3.21. The molecule has 2 heterocycles. The Balaban J connectivity index is 1.65. The fourth-order valence-electron chi connectivity index (χ4n) is 1.65. The molecule has 5 heteroatoms. The van der Waals surface area contributed by atoms with Gasteiger partial charge < -0.3 is 24.7 Å². The smallest absolute Gasteiger partial charge is 0.104 e. The second kappa shape index (κ2) is 6.11. The van der Waals surface area contributed by atoms with Crippen LogP contribution in [0, 0.1) is 5.41 Å². The van der Waals surface area contributed by atoms with Gasteiger partial charge in [0.1, 0.15) is 12.2 Å². The summed E-state index contributed by atoms with van der Waals surface area (Å²) in [6, 6.07) is 0. The fourth-order valence-corrected chi connectivity index (χ4v) is 1.65. The van der Waals surface area contributed by atoms with E-state index < -0.39 is 0 Å². The first-order chi connectivity index (χ1) is 8.28. The van der Waals surface area contributed by atoms with Crippen LogP contribution in [0.5, 0.6) is 0 Å². The van der Waals surface area contributed by atoms with E-state index >= 15 is 0 Å². The van der Waals surface area contributed by atoms with Crippen LogP contribution in [0.2, 0.25) is 0 Å². The molecular formula is C12H23NO4. The van der Waals surface area contributed by atoms with Crippen molar-refractivity contribution in [1.82, 2.24) is 0 Å². The Kier molecular flexibility index (Phi) is 4.76. The maximum atomic E-state index is 5.86. The van der Waals surface area contributed by atoms with Crippen LogP contribution in [0.15, 0.2) is 0 Å². The van der Waals surface area contributed by atoms with E-state index in [1.165, 1.54) is 0 Å². The molecule has 2 N–H and O–H groups in total. The van der Waals surface area contributed by atoms with Crippen molar-refractivity contribution in [2.45, 2.75) is 25.6 Å². The molecular weight excluding hydrogens is 222 g/mol. The van der Waals surface area contributed by atoms with Gasteiger partial charge in [0, 0.05) is 12.0 Å². The molecule has 17 heavy (non-hydrogen) atoms. The van der Waals surface area contributed by atoms with Crippen molar-refractivity contribution in [3.63, 3.8) is 0 Å². The fraction of sp³-hybridized carbons (Fsp3) is 1.00. The van der Waals surface area contributed by atoms with Crippen molar-refractivity contribution in [2.75, 3.05) is 46.2 Å². The molecule has 0 aliphatic carbocycles. The van der Waals surface area contributed by atoms with Gasteiger partial charge in [0.2, 0.25) is 0 Å². The van der Waals surface area contributed by atoms with E-state index in [0.29, 0.717) is 45.2 Å². The van der Waals surface area contributed by atoms with Gasteiger partial charge in [0.15, 0.2) is 0 Å². The third-order valence-corrected chi connectivity index (χ3v) is 3.41. The van der Waals surface area contributed by atoms with Gasteiger partial charge in [-0.25, -0.2) is 0 Å². The zero-order valence-corrected chi connectivity index (χ0v) is 10.5. The van der Waals surface area contributed by atoms with Gasteiger partial charge in [-0.15, -0.1) is 0 Å². The van der Waals surface area contributed by atoms with E-state index in [4.69, 9.17) is 24.7 Å². The molecule has 0 saturated carbocycles. The monoisotopic (exact) mass is 245 g/mol. The first-order valence-corrected chi connectivity index (χ1v) is 6.37. The van der Waals surface area contributed by atoms with E-state index in [1.54, 1.807) is 0 Å². The standard InChI is InChI=1S/C12H23NO4/c1-2-12(7-13,8-14-3-10-5-16-10)9-15-4-11-6-17-11/h10-11H,2-9,13H2,1H3. The van der Waals surface area contributed by atoms with E-state index in [2.05, 4.69) is 6.92 Å². The first-order valence-electron chi connectivity index (χ1n) is 6.37. The molecule has 0 amide bonds. The SMILES string of the molecule is CCC(CN)(COCC1CO1)COCC1CO1. The quantitative estimate of drug-likeness (QED) is 0.556. The van der Waals surface area contributed by atoms with Crippen LogP contribution in [-0.4, -0.2) is 58.4 Å². The molecule has 0 aromatic heterocycles. The molecule has 100 valence electrons. The Morgan fingerprint density at radius 2 is 1.59 bits per heavy atom. The Morgan fingerprint density at radius 3 is 1.88 bits per heavy atom. The largest absolute Gasteiger partial charge is 0.378 e. The summed E-state index contributed by atoms with van der Waals surface area (Å²) in [5.41, 5.74) is 5.80. The van der Waals surface area contributed by atoms with Crippen LogP contribution < -0.4 is 5.73 Å². The van der Waals surface area contributed by atoms with Crippen LogP contribution in [-0.2, 0) is 18.9 Å². The van der Waals surface area contributed by atoms with Gasteiger partial charge in [-0.2, -0.15) is 0 Å². The Hall–Kier alpha value is -0.200. The van der Waals surface area contributed by atoms with E-state index in [1.807, 2.05) is 0 Å². The van der Waals surface area contributed by atoms with Crippen LogP contribution in [0.1, 0.15) is 13.3 Å². The summed E-state index contributed by atoms with van der Waals surface area (Å²) in [5, 5.41) is 0. The maximum Gasteiger partial charge on any atom is 0.104 e. The van der Waals surface area contributed by atoms with Crippen molar-refractivity contribution in [3.05, 3.63) is 0 Å². The van der Waals surface area contributed by atoms with Crippen molar-refractivity contribution in [2.24, 2.45) is 11.1 Å². The zero-order chi connectivity index (χ0) is 12.1. The van der Waals surface area contributed by atoms with Crippen molar-refractivity contribution in [1.29, 1.82) is 0 Å². The number of hydrogen-bond acceptors (Lipinski definition) is 5. The van der Waals surface area contributed by atoms with Crippen molar-refractivity contribution < 1.29 is 18.9 Å². The minimum absolute atomic E-state index is 0.0657. The van der Waals surface area contributed by atoms with Crippen LogP contribution in [0.25, 0.3) is 0 Å². The Labute approximate surface area is 103 Å².